The lowest BCUT2D eigenvalue weighted by atomic mass is 10.1. The molecule has 1 fully saturated rings. The second-order valence-electron chi connectivity index (χ2n) is 4.34. The van der Waals surface area contributed by atoms with Gasteiger partial charge in [-0.1, -0.05) is 5.16 Å². The molecule has 1 aliphatic rings. The predicted octanol–water partition coefficient (Wildman–Crippen LogP) is 0.560. The first-order valence-corrected chi connectivity index (χ1v) is 6.05. The molecular formula is C11H18N4O2. The zero-order chi connectivity index (χ0) is 12.1. The Hall–Kier alpha value is -1.43. The largest absolute Gasteiger partial charge is 0.343 e. The van der Waals surface area contributed by atoms with E-state index >= 15 is 0 Å². The molecule has 1 aromatic rings. The first kappa shape index (κ1) is 12.0. The van der Waals surface area contributed by atoms with Crippen molar-refractivity contribution < 1.29 is 9.32 Å². The molecule has 0 spiro atoms. The van der Waals surface area contributed by atoms with Crippen LogP contribution in [0.5, 0.6) is 0 Å². The molecule has 1 aliphatic heterocycles. The molecule has 94 valence electrons. The fourth-order valence-electron chi connectivity index (χ4n) is 1.99. The van der Waals surface area contributed by atoms with Gasteiger partial charge in [0.1, 0.15) is 0 Å². The standard InChI is InChI=1S/C11H18N4O2/c1-9(12-7-10-13-8-17-14-10)11(16)15-5-3-2-4-6-15/h8-9,12H,2-7H2,1H3. The predicted molar refractivity (Wildman–Crippen MR) is 61.0 cm³/mol. The van der Waals surface area contributed by atoms with E-state index in [1.807, 2.05) is 11.8 Å². The van der Waals surface area contributed by atoms with Crippen molar-refractivity contribution in [2.24, 2.45) is 0 Å². The lowest BCUT2D eigenvalue weighted by molar-refractivity contribution is -0.133. The van der Waals surface area contributed by atoms with E-state index in [-0.39, 0.29) is 11.9 Å². The highest BCUT2D eigenvalue weighted by Crippen LogP contribution is 2.09. The van der Waals surface area contributed by atoms with Crippen LogP contribution in [0.4, 0.5) is 0 Å². The maximum atomic E-state index is 12.1. The number of nitrogens with zero attached hydrogens (tertiary/aromatic N) is 3. The third-order valence-electron chi connectivity index (χ3n) is 3.01. The maximum absolute atomic E-state index is 12.1. The Morgan fingerprint density at radius 3 is 2.94 bits per heavy atom. The Morgan fingerprint density at radius 1 is 1.53 bits per heavy atom. The fraction of sp³-hybridized carbons (Fsp3) is 0.727. The summed E-state index contributed by atoms with van der Waals surface area (Å²) in [6.07, 6.45) is 4.75. The van der Waals surface area contributed by atoms with Gasteiger partial charge in [-0.05, 0) is 26.2 Å². The minimum absolute atomic E-state index is 0.160. The lowest BCUT2D eigenvalue weighted by Gasteiger charge is -2.29. The van der Waals surface area contributed by atoms with Gasteiger partial charge in [0.15, 0.2) is 5.82 Å². The third kappa shape index (κ3) is 3.26. The van der Waals surface area contributed by atoms with E-state index in [9.17, 15) is 4.79 Å². The molecule has 1 aromatic heterocycles. The van der Waals surface area contributed by atoms with Crippen molar-refractivity contribution in [3.63, 3.8) is 0 Å². The lowest BCUT2D eigenvalue weighted by Crippen LogP contribution is -2.46. The summed E-state index contributed by atoms with van der Waals surface area (Å²) in [5.74, 6) is 0.733. The molecule has 1 N–H and O–H groups in total. The Labute approximate surface area is 100 Å². The van der Waals surface area contributed by atoms with Crippen molar-refractivity contribution in [3.8, 4) is 0 Å². The second kappa shape index (κ2) is 5.77. The summed E-state index contributed by atoms with van der Waals surface area (Å²) in [5, 5.41) is 6.79. The smallest absolute Gasteiger partial charge is 0.239 e. The van der Waals surface area contributed by atoms with Crippen LogP contribution in [0.3, 0.4) is 0 Å². The van der Waals surface area contributed by atoms with Gasteiger partial charge in [0, 0.05) is 13.1 Å². The van der Waals surface area contributed by atoms with Gasteiger partial charge < -0.3 is 9.42 Å². The van der Waals surface area contributed by atoms with E-state index in [0.29, 0.717) is 12.4 Å². The van der Waals surface area contributed by atoms with E-state index in [1.165, 1.54) is 12.8 Å². The van der Waals surface area contributed by atoms with Crippen LogP contribution in [0, 0.1) is 0 Å². The molecule has 2 heterocycles. The Kier molecular flexibility index (Phi) is 4.08. The number of rotatable bonds is 4. The molecule has 17 heavy (non-hydrogen) atoms. The molecule has 0 saturated carbocycles. The normalized spacial score (nSPS) is 18.1. The van der Waals surface area contributed by atoms with Crippen LogP contribution in [0.25, 0.3) is 0 Å². The van der Waals surface area contributed by atoms with Gasteiger partial charge in [-0.25, -0.2) is 0 Å². The molecule has 0 radical (unpaired) electrons. The minimum atomic E-state index is -0.202. The molecule has 0 aliphatic carbocycles. The molecule has 2 rings (SSSR count). The number of amides is 1. The van der Waals surface area contributed by atoms with Gasteiger partial charge >= 0.3 is 0 Å². The van der Waals surface area contributed by atoms with Gasteiger partial charge in [0.25, 0.3) is 0 Å². The Bertz CT molecular complexity index is 346. The maximum Gasteiger partial charge on any atom is 0.239 e. The molecule has 0 bridgehead atoms. The molecule has 1 unspecified atom stereocenters. The van der Waals surface area contributed by atoms with Gasteiger partial charge in [0.05, 0.1) is 12.6 Å². The molecule has 6 heteroatoms. The number of hydrogen-bond acceptors (Lipinski definition) is 5. The van der Waals surface area contributed by atoms with Crippen molar-refractivity contribution >= 4 is 5.91 Å². The highest BCUT2D eigenvalue weighted by atomic mass is 16.5. The summed E-state index contributed by atoms with van der Waals surface area (Å²) in [4.78, 5) is 17.9. The number of hydrogen-bond donors (Lipinski definition) is 1. The number of likely N-dealkylation sites (tertiary alicyclic amines) is 1. The third-order valence-corrected chi connectivity index (χ3v) is 3.01. The monoisotopic (exact) mass is 238 g/mol. The molecular weight excluding hydrogens is 220 g/mol. The quantitative estimate of drug-likeness (QED) is 0.830. The Morgan fingerprint density at radius 2 is 2.29 bits per heavy atom. The minimum Gasteiger partial charge on any atom is -0.343 e. The van der Waals surface area contributed by atoms with E-state index in [2.05, 4.69) is 20.0 Å². The number of piperidine rings is 1. The van der Waals surface area contributed by atoms with Gasteiger partial charge in [-0.15, -0.1) is 0 Å². The summed E-state index contributed by atoms with van der Waals surface area (Å²) < 4.78 is 4.63. The van der Waals surface area contributed by atoms with Gasteiger partial charge in [-0.2, -0.15) is 4.98 Å². The van der Waals surface area contributed by atoms with E-state index in [1.54, 1.807) is 0 Å². The van der Waals surface area contributed by atoms with Crippen molar-refractivity contribution in [1.82, 2.24) is 20.4 Å². The molecule has 1 atom stereocenters. The Balaban J connectivity index is 1.78. The molecule has 1 amide bonds. The van der Waals surface area contributed by atoms with Gasteiger partial charge in [-0.3, -0.25) is 10.1 Å². The first-order valence-electron chi connectivity index (χ1n) is 6.05. The van der Waals surface area contributed by atoms with Crippen molar-refractivity contribution in [2.75, 3.05) is 13.1 Å². The van der Waals surface area contributed by atoms with E-state index in [4.69, 9.17) is 0 Å². The van der Waals surface area contributed by atoms with Crippen LogP contribution in [0.1, 0.15) is 32.0 Å². The SMILES string of the molecule is CC(NCc1ncon1)C(=O)N1CCCCC1. The number of carbonyl (C=O) groups is 1. The van der Waals surface area contributed by atoms with Crippen LogP contribution >= 0.6 is 0 Å². The summed E-state index contributed by atoms with van der Waals surface area (Å²) >= 11 is 0. The summed E-state index contributed by atoms with van der Waals surface area (Å²) in [7, 11) is 0. The highest BCUT2D eigenvalue weighted by Gasteiger charge is 2.21. The van der Waals surface area contributed by atoms with Crippen LogP contribution in [0.2, 0.25) is 0 Å². The summed E-state index contributed by atoms with van der Waals surface area (Å²) in [6.45, 7) is 4.09. The number of carbonyl (C=O) groups excluding carboxylic acids is 1. The van der Waals surface area contributed by atoms with Crippen LogP contribution < -0.4 is 5.32 Å². The van der Waals surface area contributed by atoms with Crippen molar-refractivity contribution in [2.45, 2.75) is 38.8 Å². The zero-order valence-corrected chi connectivity index (χ0v) is 10.1. The van der Waals surface area contributed by atoms with E-state index < -0.39 is 0 Å². The summed E-state index contributed by atoms with van der Waals surface area (Å²) in [6, 6.07) is -0.202. The number of nitrogens with one attached hydrogen (secondary N) is 1. The fourth-order valence-corrected chi connectivity index (χ4v) is 1.99. The summed E-state index contributed by atoms with van der Waals surface area (Å²) in [5.41, 5.74) is 0. The highest BCUT2D eigenvalue weighted by molar-refractivity contribution is 5.81. The average Bonchev–Trinajstić information content (AvgIpc) is 2.89. The van der Waals surface area contributed by atoms with Crippen molar-refractivity contribution in [1.29, 1.82) is 0 Å². The topological polar surface area (TPSA) is 71.3 Å². The molecule has 1 saturated heterocycles. The average molecular weight is 238 g/mol. The van der Waals surface area contributed by atoms with Crippen molar-refractivity contribution in [3.05, 3.63) is 12.2 Å². The molecule has 0 aromatic carbocycles. The zero-order valence-electron chi connectivity index (χ0n) is 10.1. The first-order chi connectivity index (χ1) is 8.27. The van der Waals surface area contributed by atoms with Crippen LogP contribution in [-0.4, -0.2) is 40.1 Å². The van der Waals surface area contributed by atoms with E-state index in [0.717, 1.165) is 25.9 Å². The number of aromatic nitrogens is 2. The van der Waals surface area contributed by atoms with Crippen LogP contribution in [-0.2, 0) is 11.3 Å². The van der Waals surface area contributed by atoms with Gasteiger partial charge in [0.2, 0.25) is 12.3 Å². The van der Waals surface area contributed by atoms with Crippen LogP contribution in [0.15, 0.2) is 10.9 Å². The molecule has 6 nitrogen and oxygen atoms in total. The second-order valence-corrected chi connectivity index (χ2v) is 4.34.